The molecular formula is C21H25N3OS. The van der Waals surface area contributed by atoms with Crippen molar-refractivity contribution in [1.82, 2.24) is 9.97 Å². The summed E-state index contributed by atoms with van der Waals surface area (Å²) in [5, 5.41) is 0.627. The maximum atomic E-state index is 12.4. The summed E-state index contributed by atoms with van der Waals surface area (Å²) in [6.45, 7) is 13.7. The molecule has 4 nitrogen and oxygen atoms in total. The number of rotatable bonds is 4. The maximum Gasteiger partial charge on any atom is 0.271 e. The normalized spacial score (nSPS) is 15.0. The number of benzene rings is 1. The fraction of sp³-hybridized carbons (Fsp3) is 0.476. The molecule has 136 valence electrons. The van der Waals surface area contributed by atoms with E-state index in [-0.39, 0.29) is 17.2 Å². The summed E-state index contributed by atoms with van der Waals surface area (Å²) in [5.41, 5.74) is 5.69. The van der Waals surface area contributed by atoms with Crippen molar-refractivity contribution in [2.24, 2.45) is 0 Å². The molecule has 0 spiro atoms. The van der Waals surface area contributed by atoms with Gasteiger partial charge in [0.1, 0.15) is 0 Å². The second kappa shape index (κ2) is 8.09. The van der Waals surface area contributed by atoms with E-state index in [0.717, 1.165) is 31.4 Å². The van der Waals surface area contributed by atoms with Gasteiger partial charge in [-0.15, -0.1) is 0 Å². The second-order valence-corrected chi connectivity index (χ2v) is 8.18. The molecule has 2 aromatic rings. The predicted octanol–water partition coefficient (Wildman–Crippen LogP) is 5.59. The van der Waals surface area contributed by atoms with Crippen molar-refractivity contribution in [3.8, 4) is 0 Å². The molecule has 0 bridgehead atoms. The van der Waals surface area contributed by atoms with Crippen LogP contribution >= 0.6 is 11.8 Å². The molecule has 0 unspecified atom stereocenters. The number of aromatic amines is 1. The molecule has 1 N–H and O–H groups in total. The number of hydrogen-bond acceptors (Lipinski definition) is 3. The van der Waals surface area contributed by atoms with Crippen molar-refractivity contribution in [3.63, 3.8) is 0 Å². The molecule has 26 heavy (non-hydrogen) atoms. The topological polar surface area (TPSA) is 50.1 Å². The Morgan fingerprint density at radius 3 is 2.46 bits per heavy atom. The lowest BCUT2D eigenvalue weighted by molar-refractivity contribution is 0.435. The van der Waals surface area contributed by atoms with E-state index in [2.05, 4.69) is 42.7 Å². The summed E-state index contributed by atoms with van der Waals surface area (Å²) in [4.78, 5) is 23.4. The van der Waals surface area contributed by atoms with Crippen LogP contribution in [0.3, 0.4) is 0 Å². The first-order valence-corrected chi connectivity index (χ1v) is 10.2. The van der Waals surface area contributed by atoms with E-state index in [9.17, 15) is 4.79 Å². The third-order valence-electron chi connectivity index (χ3n) is 5.20. The molecule has 1 fully saturated rings. The summed E-state index contributed by atoms with van der Waals surface area (Å²) >= 11 is 1.55. The van der Waals surface area contributed by atoms with Crippen LogP contribution < -0.4 is 5.56 Å². The van der Waals surface area contributed by atoms with Gasteiger partial charge in [0.25, 0.3) is 11.2 Å². The number of nitrogens with one attached hydrogen (secondary N) is 1. The van der Waals surface area contributed by atoms with Crippen molar-refractivity contribution in [2.45, 2.75) is 69.7 Å². The molecule has 0 radical (unpaired) electrons. The van der Waals surface area contributed by atoms with Crippen molar-refractivity contribution >= 4 is 17.4 Å². The van der Waals surface area contributed by atoms with Gasteiger partial charge in [-0.3, -0.25) is 4.79 Å². The minimum absolute atomic E-state index is 0.184. The van der Waals surface area contributed by atoms with Crippen LogP contribution in [0.15, 0.2) is 22.1 Å². The van der Waals surface area contributed by atoms with Gasteiger partial charge in [0.2, 0.25) is 0 Å². The Morgan fingerprint density at radius 1 is 1.19 bits per heavy atom. The zero-order valence-electron chi connectivity index (χ0n) is 15.7. The number of hydrogen-bond donors (Lipinski definition) is 1. The first kappa shape index (κ1) is 18.7. The van der Waals surface area contributed by atoms with E-state index in [1.807, 2.05) is 0 Å². The quantitative estimate of drug-likeness (QED) is 0.435. The SMILES string of the molecule is [C-]#[N+]c1c(C2CCCCC2)nc(SCc2c(C)cc(C)cc2C)[nH]c1=O. The first-order chi connectivity index (χ1) is 12.5. The van der Waals surface area contributed by atoms with Crippen LogP contribution in [0.5, 0.6) is 0 Å². The molecule has 1 aliphatic rings. The molecule has 0 atom stereocenters. The third kappa shape index (κ3) is 4.02. The largest absolute Gasteiger partial charge is 0.311 e. The molecule has 1 aromatic heterocycles. The van der Waals surface area contributed by atoms with Gasteiger partial charge in [-0.25, -0.2) is 9.83 Å². The molecule has 1 aliphatic carbocycles. The highest BCUT2D eigenvalue weighted by molar-refractivity contribution is 7.98. The van der Waals surface area contributed by atoms with Crippen molar-refractivity contribution in [3.05, 3.63) is 61.9 Å². The molecule has 3 rings (SSSR count). The molecule has 1 heterocycles. The van der Waals surface area contributed by atoms with Crippen LogP contribution in [-0.4, -0.2) is 9.97 Å². The van der Waals surface area contributed by atoms with Gasteiger partial charge in [0, 0.05) is 5.75 Å². The van der Waals surface area contributed by atoms with Gasteiger partial charge in [-0.05, 0) is 56.2 Å². The summed E-state index contributed by atoms with van der Waals surface area (Å²) < 4.78 is 0. The minimum atomic E-state index is -0.296. The lowest BCUT2D eigenvalue weighted by Gasteiger charge is -2.22. The Kier molecular flexibility index (Phi) is 5.83. The number of H-pyrrole nitrogens is 1. The van der Waals surface area contributed by atoms with E-state index in [0.29, 0.717) is 10.9 Å². The average Bonchev–Trinajstić information content (AvgIpc) is 2.61. The molecule has 0 amide bonds. The number of aromatic nitrogens is 2. The van der Waals surface area contributed by atoms with Crippen molar-refractivity contribution < 1.29 is 0 Å². The summed E-state index contributed by atoms with van der Waals surface area (Å²) in [6, 6.07) is 4.38. The van der Waals surface area contributed by atoms with E-state index >= 15 is 0 Å². The maximum absolute atomic E-state index is 12.4. The fourth-order valence-electron chi connectivity index (χ4n) is 3.88. The van der Waals surface area contributed by atoms with Crippen LogP contribution in [0.25, 0.3) is 4.85 Å². The van der Waals surface area contributed by atoms with Gasteiger partial charge < -0.3 is 4.98 Å². The fourth-order valence-corrected chi connectivity index (χ4v) is 4.94. The van der Waals surface area contributed by atoms with Gasteiger partial charge in [0.15, 0.2) is 5.16 Å². The van der Waals surface area contributed by atoms with Crippen LogP contribution in [0.2, 0.25) is 0 Å². The van der Waals surface area contributed by atoms with Crippen LogP contribution in [-0.2, 0) is 5.75 Å². The van der Waals surface area contributed by atoms with E-state index in [4.69, 9.17) is 11.6 Å². The van der Waals surface area contributed by atoms with E-state index in [1.165, 1.54) is 28.7 Å². The van der Waals surface area contributed by atoms with Gasteiger partial charge in [-0.2, -0.15) is 0 Å². The molecule has 1 aromatic carbocycles. The third-order valence-corrected chi connectivity index (χ3v) is 6.10. The zero-order valence-corrected chi connectivity index (χ0v) is 16.5. The summed E-state index contributed by atoms with van der Waals surface area (Å²) in [7, 11) is 0. The highest BCUT2D eigenvalue weighted by Crippen LogP contribution is 2.36. The Labute approximate surface area is 159 Å². The standard InChI is InChI=1S/C21H25N3OS/c1-13-10-14(2)17(15(3)11-13)12-26-21-23-18(16-8-6-5-7-9-16)19(22-4)20(25)24-21/h10-11,16H,5-9,12H2,1-3H3,(H,23,24,25). The molecule has 1 saturated carbocycles. The van der Waals surface area contributed by atoms with Crippen LogP contribution in [0.4, 0.5) is 5.69 Å². The zero-order chi connectivity index (χ0) is 18.7. The molecule has 5 heteroatoms. The smallest absolute Gasteiger partial charge is 0.271 e. The number of aryl methyl sites for hydroxylation is 3. The monoisotopic (exact) mass is 367 g/mol. The Balaban J connectivity index is 1.88. The van der Waals surface area contributed by atoms with Crippen molar-refractivity contribution in [2.75, 3.05) is 0 Å². The van der Waals surface area contributed by atoms with E-state index < -0.39 is 0 Å². The highest BCUT2D eigenvalue weighted by atomic mass is 32.2. The average molecular weight is 368 g/mol. The van der Waals surface area contributed by atoms with Crippen LogP contribution in [0.1, 0.15) is 66.0 Å². The minimum Gasteiger partial charge on any atom is -0.311 e. The predicted molar refractivity (Wildman–Crippen MR) is 107 cm³/mol. The Bertz CT molecular complexity index is 881. The Hall–Kier alpha value is -2.06. The summed E-state index contributed by atoms with van der Waals surface area (Å²) in [5.74, 6) is 1.01. The van der Waals surface area contributed by atoms with E-state index in [1.54, 1.807) is 11.8 Å². The van der Waals surface area contributed by atoms with Gasteiger partial charge in [0.05, 0.1) is 12.3 Å². The number of thioether (sulfide) groups is 1. The second-order valence-electron chi connectivity index (χ2n) is 7.22. The molecule has 0 saturated heterocycles. The summed E-state index contributed by atoms with van der Waals surface area (Å²) in [6.07, 6.45) is 5.60. The van der Waals surface area contributed by atoms with Crippen molar-refractivity contribution in [1.29, 1.82) is 0 Å². The van der Waals surface area contributed by atoms with Crippen LogP contribution in [0, 0.1) is 27.3 Å². The molecule has 0 aliphatic heterocycles. The van der Waals surface area contributed by atoms with Gasteiger partial charge >= 0.3 is 0 Å². The Morgan fingerprint density at radius 2 is 1.85 bits per heavy atom. The molecular weight excluding hydrogens is 342 g/mol. The first-order valence-electron chi connectivity index (χ1n) is 9.20. The lowest BCUT2D eigenvalue weighted by Crippen LogP contribution is -2.15. The highest BCUT2D eigenvalue weighted by Gasteiger charge is 2.23. The number of nitrogens with zero attached hydrogens (tertiary/aromatic N) is 2. The lowest BCUT2D eigenvalue weighted by atomic mass is 9.86. The van der Waals surface area contributed by atoms with Gasteiger partial charge in [-0.1, -0.05) is 48.7 Å².